The van der Waals surface area contributed by atoms with Gasteiger partial charge >= 0.3 is 19.8 Å². The Morgan fingerprint density at radius 3 is 1.85 bits per heavy atom. The highest BCUT2D eigenvalue weighted by atomic mass is 31.2. The molecule has 0 aliphatic carbocycles. The van der Waals surface area contributed by atoms with Gasteiger partial charge < -0.3 is 25.2 Å². The molecule has 0 aromatic carbocycles. The molecule has 0 amide bonds. The van der Waals surface area contributed by atoms with Crippen LogP contribution in [-0.2, 0) is 32.7 Å². The van der Waals surface area contributed by atoms with Gasteiger partial charge in [0.1, 0.15) is 6.61 Å². The predicted molar refractivity (Wildman–Crippen MR) is 221 cm³/mol. The maximum absolute atomic E-state index is 12.6. The molecule has 0 radical (unpaired) electrons. The first-order chi connectivity index (χ1) is 26.2. The normalized spacial score (nSPS) is 14.5. The van der Waals surface area contributed by atoms with Gasteiger partial charge in [-0.1, -0.05) is 139 Å². The van der Waals surface area contributed by atoms with Gasteiger partial charge in [-0.2, -0.15) is 0 Å². The summed E-state index contributed by atoms with van der Waals surface area (Å²) in [4.78, 5) is 34.8. The van der Waals surface area contributed by atoms with Crippen molar-refractivity contribution >= 4 is 19.8 Å². The fourth-order valence-corrected chi connectivity index (χ4v) is 6.08. The second-order valence-electron chi connectivity index (χ2n) is 13.7. The number of carbonyl (C=O) groups is 2. The lowest BCUT2D eigenvalue weighted by molar-refractivity contribution is -0.161. The summed E-state index contributed by atoms with van der Waals surface area (Å²) in [7, 11) is -4.43. The standard InChI is InChI=1S/C43H76NO9P/c1-3-5-7-9-11-13-15-17-18-20-22-24-26-28-30-34-42(46)50-38-41(39-52-54(48,49)51-37-36-44)53-43(47)35-31-33-40(45)32-29-27-25-23-21-19-16-14-12-10-8-6-4-2/h12-15,19,21,25,27,29,32,40-41,45H,3-11,16-18,20,22-24,26,28,30-31,33-39,44H2,1-2H3,(H,48,49)/b14-12-,15-13-,21-19-,27-25-,32-29+/t40-,41+/m0/s1. The molecule has 0 aromatic heterocycles. The van der Waals surface area contributed by atoms with Crippen LogP contribution < -0.4 is 5.73 Å². The number of esters is 2. The third-order valence-corrected chi connectivity index (χ3v) is 9.46. The molecule has 10 nitrogen and oxygen atoms in total. The van der Waals surface area contributed by atoms with Crippen LogP contribution in [-0.4, -0.2) is 60.5 Å². The Labute approximate surface area is 328 Å². The Bertz CT molecular complexity index is 1090. The van der Waals surface area contributed by atoms with E-state index in [0.29, 0.717) is 19.3 Å². The maximum atomic E-state index is 12.6. The molecular formula is C43H76NO9P. The lowest BCUT2D eigenvalue weighted by atomic mass is 10.1. The molecule has 3 atom stereocenters. The van der Waals surface area contributed by atoms with Gasteiger partial charge in [-0.25, -0.2) is 4.57 Å². The first-order valence-electron chi connectivity index (χ1n) is 20.9. The number of rotatable bonds is 38. The first-order valence-corrected chi connectivity index (χ1v) is 22.4. The average Bonchev–Trinajstić information content (AvgIpc) is 3.15. The number of ether oxygens (including phenoxy) is 2. The second-order valence-corrected chi connectivity index (χ2v) is 15.2. The molecule has 0 saturated carbocycles. The third kappa shape index (κ3) is 38.0. The van der Waals surface area contributed by atoms with Crippen LogP contribution >= 0.6 is 7.82 Å². The smallest absolute Gasteiger partial charge is 0.462 e. The molecule has 0 heterocycles. The largest absolute Gasteiger partial charge is 0.472 e. The zero-order valence-corrected chi connectivity index (χ0v) is 34.7. The van der Waals surface area contributed by atoms with Gasteiger partial charge in [0.2, 0.25) is 0 Å². The van der Waals surface area contributed by atoms with E-state index in [2.05, 4.69) is 50.3 Å². The monoisotopic (exact) mass is 782 g/mol. The SMILES string of the molecule is CCCCC/C=C\C/C=C\C/C=C\C=C\[C@H](O)CCCC(=O)O[C@H](COC(=O)CCCCCCCCC/C=C\CCCCCC)COP(=O)(O)OCCN. The van der Waals surface area contributed by atoms with E-state index >= 15 is 0 Å². The summed E-state index contributed by atoms with van der Waals surface area (Å²) >= 11 is 0. The quantitative estimate of drug-likeness (QED) is 0.0181. The molecule has 0 spiro atoms. The van der Waals surface area contributed by atoms with Gasteiger partial charge in [-0.15, -0.1) is 0 Å². The maximum Gasteiger partial charge on any atom is 0.472 e. The number of aliphatic hydroxyl groups is 1. The second kappa shape index (κ2) is 38.9. The lowest BCUT2D eigenvalue weighted by Gasteiger charge is -2.20. The first kappa shape index (κ1) is 51.7. The van der Waals surface area contributed by atoms with E-state index in [-0.39, 0.29) is 32.6 Å². The minimum absolute atomic E-state index is 0.000679. The van der Waals surface area contributed by atoms with Gasteiger partial charge in [0, 0.05) is 19.4 Å². The molecule has 11 heteroatoms. The van der Waals surface area contributed by atoms with Gasteiger partial charge in [0.25, 0.3) is 0 Å². The van der Waals surface area contributed by atoms with Crippen molar-refractivity contribution in [3.63, 3.8) is 0 Å². The van der Waals surface area contributed by atoms with Crippen molar-refractivity contribution in [3.8, 4) is 0 Å². The zero-order valence-electron chi connectivity index (χ0n) is 33.8. The van der Waals surface area contributed by atoms with Gasteiger partial charge in [-0.05, 0) is 70.6 Å². The van der Waals surface area contributed by atoms with Gasteiger partial charge in [-0.3, -0.25) is 18.6 Å². The number of phosphoric ester groups is 1. The molecule has 0 fully saturated rings. The molecule has 312 valence electrons. The summed E-state index contributed by atoms with van der Waals surface area (Å²) in [6.45, 7) is 3.44. The van der Waals surface area contributed by atoms with Crippen LogP contribution in [0, 0.1) is 0 Å². The number of allylic oxidation sites excluding steroid dienone is 9. The van der Waals surface area contributed by atoms with E-state index in [1.165, 1.54) is 70.6 Å². The van der Waals surface area contributed by atoms with Crippen LogP contribution in [0.5, 0.6) is 0 Å². The Hall–Kier alpha value is -2.33. The fourth-order valence-electron chi connectivity index (χ4n) is 5.32. The number of hydrogen-bond acceptors (Lipinski definition) is 9. The van der Waals surface area contributed by atoms with E-state index < -0.39 is 38.6 Å². The highest BCUT2D eigenvalue weighted by Gasteiger charge is 2.26. The summed E-state index contributed by atoms with van der Waals surface area (Å²) in [6, 6.07) is 0. The summed E-state index contributed by atoms with van der Waals surface area (Å²) in [5.41, 5.74) is 5.33. The Balaban J connectivity index is 4.40. The van der Waals surface area contributed by atoms with E-state index in [1.54, 1.807) is 12.2 Å². The predicted octanol–water partition coefficient (Wildman–Crippen LogP) is 10.7. The number of carbonyl (C=O) groups excluding carboxylic acids is 2. The van der Waals surface area contributed by atoms with Crippen molar-refractivity contribution in [3.05, 3.63) is 60.8 Å². The van der Waals surface area contributed by atoms with Crippen LogP contribution in [0.3, 0.4) is 0 Å². The average molecular weight is 782 g/mol. The van der Waals surface area contributed by atoms with Crippen molar-refractivity contribution < 1.29 is 42.7 Å². The van der Waals surface area contributed by atoms with Crippen LogP contribution in [0.15, 0.2) is 60.8 Å². The molecule has 0 bridgehead atoms. The third-order valence-electron chi connectivity index (χ3n) is 8.48. The molecule has 0 saturated heterocycles. The summed E-state index contributed by atoms with van der Waals surface area (Å²) < 4.78 is 32.6. The molecule has 0 rings (SSSR count). The summed E-state index contributed by atoms with van der Waals surface area (Å²) in [6.07, 6.45) is 41.3. The number of nitrogens with two attached hydrogens (primary N) is 1. The summed E-state index contributed by atoms with van der Waals surface area (Å²) in [5, 5.41) is 10.3. The highest BCUT2D eigenvalue weighted by Crippen LogP contribution is 2.43. The molecule has 54 heavy (non-hydrogen) atoms. The van der Waals surface area contributed by atoms with E-state index in [0.717, 1.165) is 44.9 Å². The minimum atomic E-state index is -4.43. The number of hydrogen-bond donors (Lipinski definition) is 3. The number of unbranched alkanes of at least 4 members (excludes halogenated alkanes) is 14. The van der Waals surface area contributed by atoms with E-state index in [4.69, 9.17) is 24.3 Å². The van der Waals surface area contributed by atoms with Crippen LogP contribution in [0.2, 0.25) is 0 Å². The van der Waals surface area contributed by atoms with Gasteiger partial charge in [0.15, 0.2) is 6.10 Å². The van der Waals surface area contributed by atoms with Gasteiger partial charge in [0.05, 0.1) is 19.3 Å². The number of phosphoric acid groups is 1. The summed E-state index contributed by atoms with van der Waals surface area (Å²) in [5.74, 6) is -1.04. The van der Waals surface area contributed by atoms with Crippen LogP contribution in [0.4, 0.5) is 0 Å². The van der Waals surface area contributed by atoms with Crippen molar-refractivity contribution in [2.45, 2.75) is 174 Å². The van der Waals surface area contributed by atoms with Crippen molar-refractivity contribution in [2.75, 3.05) is 26.4 Å². The van der Waals surface area contributed by atoms with Crippen molar-refractivity contribution in [2.24, 2.45) is 5.73 Å². The molecule has 0 aliphatic rings. The van der Waals surface area contributed by atoms with E-state index in [1.807, 2.05) is 12.2 Å². The van der Waals surface area contributed by atoms with Crippen molar-refractivity contribution in [1.29, 1.82) is 0 Å². The number of aliphatic hydroxyl groups excluding tert-OH is 1. The Morgan fingerprint density at radius 2 is 1.19 bits per heavy atom. The fraction of sp³-hybridized carbons (Fsp3) is 0.721. The Morgan fingerprint density at radius 1 is 0.648 bits per heavy atom. The topological polar surface area (TPSA) is 155 Å². The van der Waals surface area contributed by atoms with Crippen LogP contribution in [0.1, 0.15) is 162 Å². The molecule has 1 unspecified atom stereocenters. The molecular weight excluding hydrogens is 705 g/mol. The zero-order chi connectivity index (χ0) is 39.8. The van der Waals surface area contributed by atoms with E-state index in [9.17, 15) is 24.2 Å². The highest BCUT2D eigenvalue weighted by molar-refractivity contribution is 7.47. The van der Waals surface area contributed by atoms with Crippen molar-refractivity contribution in [1.82, 2.24) is 0 Å². The minimum Gasteiger partial charge on any atom is -0.462 e. The molecule has 0 aromatic rings. The Kier molecular flexibility index (Phi) is 37.2. The molecule has 0 aliphatic heterocycles. The lowest BCUT2D eigenvalue weighted by Crippen LogP contribution is -2.29. The molecule has 4 N–H and O–H groups in total. The van der Waals surface area contributed by atoms with Crippen LogP contribution in [0.25, 0.3) is 0 Å².